The quantitative estimate of drug-likeness (QED) is 0.638. The summed E-state index contributed by atoms with van der Waals surface area (Å²) in [6.45, 7) is 1.28. The number of benzene rings is 1. The van der Waals surface area contributed by atoms with Gasteiger partial charge in [0.25, 0.3) is 5.91 Å². The fourth-order valence-electron chi connectivity index (χ4n) is 1.45. The highest BCUT2D eigenvalue weighted by molar-refractivity contribution is 6.17. The molecule has 0 saturated heterocycles. The van der Waals surface area contributed by atoms with Crippen molar-refractivity contribution in [3.63, 3.8) is 0 Å². The van der Waals surface area contributed by atoms with Crippen LogP contribution in [0.15, 0.2) is 30.3 Å². The van der Waals surface area contributed by atoms with Crippen molar-refractivity contribution in [3.05, 3.63) is 30.3 Å². The molecule has 0 saturated carbocycles. The first-order chi connectivity index (χ1) is 8.63. The Kier molecular flexibility index (Phi) is 6.22. The summed E-state index contributed by atoms with van der Waals surface area (Å²) in [5, 5.41) is 2.70. The lowest BCUT2D eigenvalue weighted by atomic mass is 10.2. The second kappa shape index (κ2) is 7.71. The van der Waals surface area contributed by atoms with Crippen LogP contribution in [-0.4, -0.2) is 23.9 Å². The van der Waals surface area contributed by atoms with Crippen molar-refractivity contribution in [2.45, 2.75) is 25.9 Å². The molecule has 0 aliphatic carbocycles. The SMILES string of the molecule is CC(=O)OC(CCCCl)C(=O)Nc1ccccc1. The molecule has 0 bridgehead atoms. The van der Waals surface area contributed by atoms with Gasteiger partial charge in [0.15, 0.2) is 6.10 Å². The third kappa shape index (κ3) is 5.19. The maximum absolute atomic E-state index is 11.9. The summed E-state index contributed by atoms with van der Waals surface area (Å²) < 4.78 is 4.98. The summed E-state index contributed by atoms with van der Waals surface area (Å²) in [5.74, 6) is -0.379. The number of carbonyl (C=O) groups excluding carboxylic acids is 2. The van der Waals surface area contributed by atoms with Crippen LogP contribution in [0.5, 0.6) is 0 Å². The van der Waals surface area contributed by atoms with E-state index in [9.17, 15) is 9.59 Å². The highest BCUT2D eigenvalue weighted by Gasteiger charge is 2.21. The number of alkyl halides is 1. The van der Waals surface area contributed by atoms with Crippen LogP contribution in [0.1, 0.15) is 19.8 Å². The van der Waals surface area contributed by atoms with E-state index < -0.39 is 12.1 Å². The van der Waals surface area contributed by atoms with E-state index in [2.05, 4.69) is 5.32 Å². The summed E-state index contributed by atoms with van der Waals surface area (Å²) in [6, 6.07) is 9.02. The molecule has 1 amide bonds. The van der Waals surface area contributed by atoms with Crippen LogP contribution in [0.25, 0.3) is 0 Å². The second-order valence-electron chi connectivity index (χ2n) is 3.78. The molecule has 1 unspecified atom stereocenters. The lowest BCUT2D eigenvalue weighted by molar-refractivity contribution is -0.152. The molecule has 0 aliphatic rings. The molecular weight excluding hydrogens is 254 g/mol. The van der Waals surface area contributed by atoms with Crippen molar-refractivity contribution in [3.8, 4) is 0 Å². The predicted octanol–water partition coefficient (Wildman–Crippen LogP) is 2.58. The van der Waals surface area contributed by atoms with Crippen LogP contribution in [0.3, 0.4) is 0 Å². The molecule has 98 valence electrons. The van der Waals surface area contributed by atoms with Crippen LogP contribution in [0.2, 0.25) is 0 Å². The normalized spacial score (nSPS) is 11.7. The van der Waals surface area contributed by atoms with E-state index in [1.54, 1.807) is 12.1 Å². The number of halogens is 1. The van der Waals surface area contributed by atoms with Crippen LogP contribution in [0.4, 0.5) is 5.69 Å². The minimum Gasteiger partial charge on any atom is -0.452 e. The Labute approximate surface area is 111 Å². The number of anilines is 1. The van der Waals surface area contributed by atoms with Crippen LogP contribution in [0, 0.1) is 0 Å². The zero-order valence-electron chi connectivity index (χ0n) is 10.2. The third-order valence-electron chi connectivity index (χ3n) is 2.24. The minimum atomic E-state index is -0.790. The minimum absolute atomic E-state index is 0.332. The van der Waals surface area contributed by atoms with Crippen molar-refractivity contribution >= 4 is 29.2 Å². The monoisotopic (exact) mass is 269 g/mol. The zero-order valence-corrected chi connectivity index (χ0v) is 10.9. The molecule has 0 heterocycles. The molecule has 1 rings (SSSR count). The number of ether oxygens (including phenoxy) is 1. The van der Waals surface area contributed by atoms with Gasteiger partial charge in [-0.05, 0) is 25.0 Å². The first-order valence-corrected chi connectivity index (χ1v) is 6.26. The number of esters is 1. The van der Waals surface area contributed by atoms with Gasteiger partial charge in [-0.25, -0.2) is 0 Å². The number of para-hydroxylation sites is 1. The summed E-state index contributed by atoms with van der Waals surface area (Å²) in [6.07, 6.45) is 0.241. The summed E-state index contributed by atoms with van der Waals surface area (Å²) in [7, 11) is 0. The molecule has 1 N–H and O–H groups in total. The van der Waals surface area contributed by atoms with Crippen molar-refractivity contribution in [2.75, 3.05) is 11.2 Å². The van der Waals surface area contributed by atoms with Crippen molar-refractivity contribution in [1.29, 1.82) is 0 Å². The third-order valence-corrected chi connectivity index (χ3v) is 2.51. The van der Waals surface area contributed by atoms with Gasteiger partial charge < -0.3 is 10.1 Å². The molecule has 1 atom stereocenters. The van der Waals surface area contributed by atoms with E-state index in [0.717, 1.165) is 0 Å². The maximum Gasteiger partial charge on any atom is 0.303 e. The van der Waals surface area contributed by atoms with Gasteiger partial charge in [-0.3, -0.25) is 9.59 Å². The number of hydrogen-bond acceptors (Lipinski definition) is 3. The number of carbonyl (C=O) groups is 2. The summed E-state index contributed by atoms with van der Waals surface area (Å²) in [5.41, 5.74) is 0.672. The smallest absolute Gasteiger partial charge is 0.303 e. The molecule has 0 fully saturated rings. The van der Waals surface area contributed by atoms with Crippen molar-refractivity contribution in [2.24, 2.45) is 0 Å². The Morgan fingerprint density at radius 1 is 1.33 bits per heavy atom. The molecule has 5 heteroatoms. The zero-order chi connectivity index (χ0) is 13.4. The average Bonchev–Trinajstić information content (AvgIpc) is 2.35. The Hall–Kier alpha value is -1.55. The summed E-state index contributed by atoms with van der Waals surface area (Å²) in [4.78, 5) is 22.9. The Bertz CT molecular complexity index is 394. The average molecular weight is 270 g/mol. The standard InChI is InChI=1S/C13H16ClNO3/c1-10(16)18-12(8-5-9-14)13(17)15-11-6-3-2-4-7-11/h2-4,6-7,12H,5,8-9H2,1H3,(H,15,17). The lowest BCUT2D eigenvalue weighted by Crippen LogP contribution is -2.32. The predicted molar refractivity (Wildman–Crippen MR) is 70.6 cm³/mol. The van der Waals surface area contributed by atoms with Gasteiger partial charge in [0.2, 0.25) is 0 Å². The molecular formula is C13H16ClNO3. The molecule has 1 aromatic rings. The molecule has 0 aliphatic heterocycles. The van der Waals surface area contributed by atoms with Gasteiger partial charge in [0, 0.05) is 18.5 Å². The number of nitrogens with one attached hydrogen (secondary N) is 1. The topological polar surface area (TPSA) is 55.4 Å². The molecule has 18 heavy (non-hydrogen) atoms. The number of rotatable bonds is 6. The van der Waals surface area contributed by atoms with E-state index >= 15 is 0 Å². The molecule has 1 aromatic carbocycles. The van der Waals surface area contributed by atoms with E-state index in [0.29, 0.717) is 24.4 Å². The Morgan fingerprint density at radius 3 is 2.56 bits per heavy atom. The van der Waals surface area contributed by atoms with Crippen molar-refractivity contribution < 1.29 is 14.3 Å². The Morgan fingerprint density at radius 2 is 2.00 bits per heavy atom. The van der Waals surface area contributed by atoms with E-state index in [1.165, 1.54) is 6.92 Å². The highest BCUT2D eigenvalue weighted by atomic mass is 35.5. The van der Waals surface area contributed by atoms with Crippen LogP contribution in [-0.2, 0) is 14.3 Å². The van der Waals surface area contributed by atoms with E-state index in [1.807, 2.05) is 18.2 Å². The molecule has 0 aromatic heterocycles. The first-order valence-electron chi connectivity index (χ1n) is 5.72. The van der Waals surface area contributed by atoms with Crippen molar-refractivity contribution in [1.82, 2.24) is 0 Å². The van der Waals surface area contributed by atoms with Gasteiger partial charge in [0.05, 0.1) is 0 Å². The lowest BCUT2D eigenvalue weighted by Gasteiger charge is -2.16. The van der Waals surface area contributed by atoms with Crippen LogP contribution >= 0.6 is 11.6 Å². The van der Waals surface area contributed by atoms with E-state index in [-0.39, 0.29) is 5.91 Å². The number of hydrogen-bond donors (Lipinski definition) is 1. The van der Waals surface area contributed by atoms with Gasteiger partial charge in [-0.1, -0.05) is 18.2 Å². The number of amides is 1. The molecule has 0 radical (unpaired) electrons. The maximum atomic E-state index is 11.9. The highest BCUT2D eigenvalue weighted by Crippen LogP contribution is 2.10. The van der Waals surface area contributed by atoms with Gasteiger partial charge in [-0.15, -0.1) is 11.6 Å². The van der Waals surface area contributed by atoms with E-state index in [4.69, 9.17) is 16.3 Å². The first kappa shape index (κ1) is 14.5. The Balaban J connectivity index is 2.60. The van der Waals surface area contributed by atoms with Gasteiger partial charge in [0.1, 0.15) is 0 Å². The molecule has 4 nitrogen and oxygen atoms in total. The molecule has 0 spiro atoms. The fourth-order valence-corrected chi connectivity index (χ4v) is 1.60. The fraction of sp³-hybridized carbons (Fsp3) is 0.385. The van der Waals surface area contributed by atoms with Crippen LogP contribution < -0.4 is 5.32 Å². The largest absolute Gasteiger partial charge is 0.452 e. The van der Waals surface area contributed by atoms with Gasteiger partial charge in [-0.2, -0.15) is 0 Å². The summed E-state index contributed by atoms with van der Waals surface area (Å²) >= 11 is 5.57. The van der Waals surface area contributed by atoms with Gasteiger partial charge >= 0.3 is 5.97 Å². The second-order valence-corrected chi connectivity index (χ2v) is 4.16.